The van der Waals surface area contributed by atoms with E-state index in [1.807, 2.05) is 16.3 Å². The number of piperidine rings is 3. The molecule has 73 heavy (non-hydrogen) atoms. The summed E-state index contributed by atoms with van der Waals surface area (Å²) in [6.07, 6.45) is 14.5. The van der Waals surface area contributed by atoms with Gasteiger partial charge in [0, 0.05) is 113 Å². The largest absolute Gasteiger partial charge is 0.379 e. The average molecular weight is 996 g/mol. The number of imide groups is 1. The van der Waals surface area contributed by atoms with Crippen molar-refractivity contribution in [3.05, 3.63) is 101 Å². The second kappa shape index (κ2) is 20.6. The molecule has 7 aliphatic rings. The number of hydrogen-bond acceptors (Lipinski definition) is 12. The van der Waals surface area contributed by atoms with E-state index in [4.69, 9.17) is 14.6 Å². The van der Waals surface area contributed by atoms with Gasteiger partial charge in [0.05, 0.1) is 48.9 Å². The summed E-state index contributed by atoms with van der Waals surface area (Å²) in [6.45, 7) is 13.0. The van der Waals surface area contributed by atoms with Crippen LogP contribution < -0.4 is 10.2 Å². The van der Waals surface area contributed by atoms with E-state index in [1.165, 1.54) is 54.8 Å². The highest BCUT2D eigenvalue weighted by Gasteiger charge is 2.43. The highest BCUT2D eigenvalue weighted by molar-refractivity contribution is 6.05. The quantitative estimate of drug-likeness (QED) is 0.138. The van der Waals surface area contributed by atoms with Crippen LogP contribution in [0.4, 0.5) is 10.1 Å². The fourth-order valence-electron chi connectivity index (χ4n) is 13.1. The third-order valence-corrected chi connectivity index (χ3v) is 17.5. The zero-order chi connectivity index (χ0) is 49.6. The van der Waals surface area contributed by atoms with Gasteiger partial charge in [-0.05, 0) is 118 Å². The molecule has 0 spiro atoms. The maximum absolute atomic E-state index is 16.0. The molecular formula is C56H70FN11O5. The topological polar surface area (TPSA) is 146 Å². The van der Waals surface area contributed by atoms with Gasteiger partial charge in [0.25, 0.3) is 5.91 Å². The summed E-state index contributed by atoms with van der Waals surface area (Å²) < 4.78 is 32.5. The number of likely N-dealkylation sites (tertiary alicyclic amines) is 1. The minimum atomic E-state index is -0.759. The summed E-state index contributed by atoms with van der Waals surface area (Å²) in [7, 11) is 2.00. The number of benzene rings is 3. The molecule has 6 aliphatic heterocycles. The first-order chi connectivity index (χ1) is 35.6. The maximum Gasteiger partial charge on any atom is 0.255 e. The summed E-state index contributed by atoms with van der Waals surface area (Å²) >= 11 is 0. The van der Waals surface area contributed by atoms with Crippen molar-refractivity contribution in [2.45, 2.75) is 107 Å². The highest BCUT2D eigenvalue weighted by Crippen LogP contribution is 2.38. The molecular weight excluding hydrogens is 926 g/mol. The smallest absolute Gasteiger partial charge is 0.255 e. The third-order valence-electron chi connectivity index (χ3n) is 17.5. The lowest BCUT2D eigenvalue weighted by atomic mass is 9.75. The normalized spacial score (nSPS) is 25.6. The van der Waals surface area contributed by atoms with Crippen LogP contribution in [0.25, 0.3) is 16.6 Å². The predicted octanol–water partition coefficient (Wildman–Crippen LogP) is 5.64. The SMILES string of the molecule is Cn1cnnc1CC1(c2cccc(-n3cc4ccc(CN5CCC[C@H](CN6CCN(C[C@H]7CC[C@H](OC8CCN(c9ccc%10c(c9F)CN(C9CCC(=O)NC9=O)C%10=O)CC8)CC7)CC6)C5)cc4n3)c2)COC1. The Hall–Kier alpha value is -5.59. The lowest BCUT2D eigenvalue weighted by molar-refractivity contribution is -0.136. The fraction of sp³-hybridized carbons (Fsp3) is 0.571. The Balaban J connectivity index is 0.558. The van der Waals surface area contributed by atoms with Crippen LogP contribution in [0.15, 0.2) is 67.1 Å². The number of piperazine rings is 1. The van der Waals surface area contributed by atoms with E-state index in [0.29, 0.717) is 55.1 Å². The van der Waals surface area contributed by atoms with Crippen molar-refractivity contribution < 1.29 is 28.2 Å². The second-order valence-corrected chi connectivity index (χ2v) is 22.5. The summed E-state index contributed by atoms with van der Waals surface area (Å²) in [5.41, 5.74) is 5.70. The lowest BCUT2D eigenvalue weighted by Crippen LogP contribution is -2.52. The predicted molar refractivity (Wildman–Crippen MR) is 274 cm³/mol. The number of rotatable bonds is 14. The molecule has 0 bridgehead atoms. The van der Waals surface area contributed by atoms with E-state index in [9.17, 15) is 14.4 Å². The standard InChI is InChI=1S/C56H70FN11O5/c1-62-37-58-60-51(62)28-56(35-72-36-56)42-5-2-6-43(27-42)68-33-41-10-7-39(26-48(41)61-68)30-65-19-3-4-40(32-65)31-64-24-22-63(23-25-64)29-38-8-11-44(12-9-38)73-45-17-20-66(21-18-45)49-14-13-46-47(53(49)57)34-67(55(46)71)50-15-16-52(69)59-54(50)70/h2,5-7,10,13-14,26-27,33,37-38,40,44-45,50H,3-4,8-9,11-12,15-25,28-32,34-36H2,1H3,(H,59,69,70)/t38-,40-,44-,50?/m1/s1. The fourth-order valence-corrected chi connectivity index (χ4v) is 13.1. The first kappa shape index (κ1) is 48.4. The molecule has 12 rings (SSSR count). The number of halogens is 1. The number of nitrogens with one attached hydrogen (secondary N) is 1. The van der Waals surface area contributed by atoms with E-state index in [2.05, 4.69) is 83.8 Å². The van der Waals surface area contributed by atoms with Gasteiger partial charge in [-0.15, -0.1) is 10.2 Å². The zero-order valence-electron chi connectivity index (χ0n) is 42.3. The van der Waals surface area contributed by atoms with Crippen molar-refractivity contribution >= 4 is 34.3 Å². The van der Waals surface area contributed by atoms with Gasteiger partial charge in [0.1, 0.15) is 18.2 Å². The van der Waals surface area contributed by atoms with E-state index in [-0.39, 0.29) is 48.5 Å². The molecule has 2 atom stereocenters. The molecule has 8 heterocycles. The van der Waals surface area contributed by atoms with Crippen molar-refractivity contribution in [3.63, 3.8) is 0 Å². The maximum atomic E-state index is 16.0. The molecule has 1 unspecified atom stereocenters. The number of amides is 3. The summed E-state index contributed by atoms with van der Waals surface area (Å²) in [6, 6.07) is 18.2. The Morgan fingerprint density at radius 1 is 0.822 bits per heavy atom. The Labute approximate surface area is 427 Å². The number of hydrogen-bond donors (Lipinski definition) is 1. The van der Waals surface area contributed by atoms with Crippen molar-refractivity contribution in [2.24, 2.45) is 18.9 Å². The number of carbonyl (C=O) groups is 3. The molecule has 6 fully saturated rings. The molecule has 5 aromatic rings. The number of fused-ring (bicyclic) bond motifs is 2. The van der Waals surface area contributed by atoms with Crippen LogP contribution in [0.5, 0.6) is 0 Å². The van der Waals surface area contributed by atoms with Gasteiger partial charge in [0.15, 0.2) is 5.82 Å². The highest BCUT2D eigenvalue weighted by atomic mass is 19.1. The van der Waals surface area contributed by atoms with Crippen LogP contribution in [0.1, 0.15) is 97.1 Å². The molecule has 0 radical (unpaired) electrons. The molecule has 3 aromatic carbocycles. The lowest BCUT2D eigenvalue weighted by Gasteiger charge is -2.41. The number of nitrogens with zero attached hydrogens (tertiary/aromatic N) is 10. The Morgan fingerprint density at radius 3 is 2.34 bits per heavy atom. The number of aromatic nitrogens is 5. The number of ether oxygens (including phenoxy) is 2. The van der Waals surface area contributed by atoms with Crippen molar-refractivity contribution in [3.8, 4) is 5.69 Å². The molecule has 3 amide bonds. The molecule has 386 valence electrons. The van der Waals surface area contributed by atoms with Crippen LogP contribution in [0.3, 0.4) is 0 Å². The minimum Gasteiger partial charge on any atom is -0.379 e. The van der Waals surface area contributed by atoms with Gasteiger partial charge in [0.2, 0.25) is 11.8 Å². The molecule has 17 heteroatoms. The Bertz CT molecular complexity index is 2820. The van der Waals surface area contributed by atoms with E-state index in [1.54, 1.807) is 18.5 Å². The Morgan fingerprint density at radius 2 is 1.60 bits per heavy atom. The summed E-state index contributed by atoms with van der Waals surface area (Å²) in [5.74, 6) is 0.825. The van der Waals surface area contributed by atoms with Crippen molar-refractivity contribution in [2.75, 3.05) is 83.6 Å². The van der Waals surface area contributed by atoms with Gasteiger partial charge in [-0.25, -0.2) is 9.07 Å². The van der Waals surface area contributed by atoms with Gasteiger partial charge in [-0.1, -0.05) is 24.3 Å². The summed E-state index contributed by atoms with van der Waals surface area (Å²) in [4.78, 5) is 48.9. The van der Waals surface area contributed by atoms with Crippen molar-refractivity contribution in [1.82, 2.24) is 49.5 Å². The second-order valence-electron chi connectivity index (χ2n) is 22.5. The third kappa shape index (κ3) is 10.2. The van der Waals surface area contributed by atoms with Gasteiger partial charge in [-0.3, -0.25) is 24.6 Å². The molecule has 5 saturated heterocycles. The molecule has 2 aromatic heterocycles. The van der Waals surface area contributed by atoms with Gasteiger partial charge >= 0.3 is 0 Å². The summed E-state index contributed by atoms with van der Waals surface area (Å²) in [5, 5.41) is 17.0. The first-order valence-corrected chi connectivity index (χ1v) is 27.1. The van der Waals surface area contributed by atoms with E-state index in [0.717, 1.165) is 106 Å². The van der Waals surface area contributed by atoms with Crippen molar-refractivity contribution in [1.29, 1.82) is 0 Å². The van der Waals surface area contributed by atoms with E-state index < -0.39 is 11.9 Å². The monoisotopic (exact) mass is 996 g/mol. The number of aryl methyl sites for hydroxylation is 1. The van der Waals surface area contributed by atoms with Gasteiger partial charge < -0.3 is 33.6 Å². The van der Waals surface area contributed by atoms with Crippen LogP contribution in [0.2, 0.25) is 0 Å². The molecule has 1 N–H and O–H groups in total. The Kier molecular flexibility index (Phi) is 13.7. The zero-order valence-corrected chi connectivity index (χ0v) is 42.3. The van der Waals surface area contributed by atoms with Crippen LogP contribution in [-0.2, 0) is 51.0 Å². The van der Waals surface area contributed by atoms with Crippen LogP contribution in [0, 0.1) is 17.7 Å². The average Bonchev–Trinajstić information content (AvgIpc) is 4.11. The molecule has 1 aliphatic carbocycles. The first-order valence-electron chi connectivity index (χ1n) is 27.1. The van der Waals surface area contributed by atoms with Crippen LogP contribution >= 0.6 is 0 Å². The molecule has 16 nitrogen and oxygen atoms in total. The van der Waals surface area contributed by atoms with E-state index >= 15 is 4.39 Å². The molecule has 1 saturated carbocycles. The van der Waals surface area contributed by atoms with Crippen LogP contribution in [-0.4, -0.2) is 159 Å². The number of carbonyl (C=O) groups excluding carboxylic acids is 3. The van der Waals surface area contributed by atoms with Gasteiger partial charge in [-0.2, -0.15) is 5.10 Å². The number of anilines is 1. The minimum absolute atomic E-state index is 0.0394.